The molecule has 232 valence electrons. The Kier molecular flexibility index (Phi) is 10.7. The molecule has 7 atom stereocenters. The average Bonchev–Trinajstić information content (AvgIpc) is 3.20. The predicted octanol–water partition coefficient (Wildman–Crippen LogP) is 10.7. The van der Waals surface area contributed by atoms with Crippen molar-refractivity contribution in [2.24, 2.45) is 29.1 Å². The van der Waals surface area contributed by atoms with Gasteiger partial charge in [0.2, 0.25) is 0 Å². The number of alkyl halides is 5. The van der Waals surface area contributed by atoms with E-state index in [0.717, 1.165) is 70.6 Å². The molecule has 0 aromatic heterocycles. The van der Waals surface area contributed by atoms with Gasteiger partial charge in [0.1, 0.15) is 0 Å². The van der Waals surface area contributed by atoms with Crippen molar-refractivity contribution in [3.8, 4) is 0 Å². The minimum absolute atomic E-state index is 0.0664. The van der Waals surface area contributed by atoms with Crippen LogP contribution in [-0.2, 0) is 6.42 Å². The van der Waals surface area contributed by atoms with E-state index in [0.29, 0.717) is 30.1 Å². The Morgan fingerprint density at radius 3 is 2.46 bits per heavy atom. The summed E-state index contributed by atoms with van der Waals surface area (Å²) >= 11 is 0. The topological polar surface area (TPSA) is 20.2 Å². The molecular weight excluding hydrogens is 531 g/mol. The number of allylic oxidation sites excluding steroid dienone is 2. The molecule has 0 amide bonds. The monoisotopic (exact) mass is 582 g/mol. The molecule has 3 aliphatic carbocycles. The van der Waals surface area contributed by atoms with Gasteiger partial charge in [0.15, 0.2) is 0 Å². The number of unbranched alkanes of at least 4 members (excludes halogenated alkanes) is 4. The second-order valence-corrected chi connectivity index (χ2v) is 14.0. The van der Waals surface area contributed by atoms with Gasteiger partial charge in [-0.05, 0) is 111 Å². The van der Waals surface area contributed by atoms with Crippen LogP contribution >= 0.6 is 0 Å². The smallest absolute Gasteiger partial charge is 0.393 e. The van der Waals surface area contributed by atoms with E-state index in [9.17, 15) is 27.1 Å². The highest BCUT2D eigenvalue weighted by Crippen LogP contribution is 2.62. The number of halogens is 5. The van der Waals surface area contributed by atoms with Crippen LogP contribution in [0.2, 0.25) is 0 Å². The second kappa shape index (κ2) is 13.5. The number of aryl methyl sites for hydroxylation is 1. The number of hydrogen-bond acceptors (Lipinski definition) is 1. The summed E-state index contributed by atoms with van der Waals surface area (Å²) in [6.45, 7) is 6.48. The fourth-order valence-corrected chi connectivity index (χ4v) is 8.58. The number of rotatable bonds is 13. The zero-order valence-corrected chi connectivity index (χ0v) is 25.3. The summed E-state index contributed by atoms with van der Waals surface area (Å²) in [4.78, 5) is 0. The van der Waals surface area contributed by atoms with Crippen molar-refractivity contribution in [3.63, 3.8) is 0 Å². The number of fused-ring (bicyclic) bond motifs is 5. The summed E-state index contributed by atoms with van der Waals surface area (Å²) < 4.78 is 63.0. The molecule has 6 heteroatoms. The van der Waals surface area contributed by atoms with Crippen molar-refractivity contribution >= 4 is 0 Å². The van der Waals surface area contributed by atoms with E-state index < -0.39 is 18.5 Å². The maximum atomic E-state index is 13.1. The van der Waals surface area contributed by atoms with Crippen molar-refractivity contribution in [2.75, 3.05) is 0 Å². The van der Waals surface area contributed by atoms with E-state index in [1.807, 2.05) is 6.92 Å². The van der Waals surface area contributed by atoms with Gasteiger partial charge in [-0.25, -0.2) is 0 Å². The molecule has 0 aliphatic heterocycles. The summed E-state index contributed by atoms with van der Waals surface area (Å²) in [5, 5.41) is 10.9. The standard InChI is InChI=1S/C35H51F5O/c1-24(13-11-20-34(36,37)35(38,39)40)12-9-7-5-4-6-8-10-14-26-23-27-22-25(2)15-16-28(27)29-19-21-33(3)30(32(26)29)17-18-31(33)41/h8,10,15-16,22,24,26,29-32,41H,4-7,9,11-14,17-21,23H2,1-3H3/b10-8+/t24?,26-,29?,30?,31+,32?,33+/m1/s1. The largest absolute Gasteiger partial charge is 0.453 e. The van der Waals surface area contributed by atoms with Crippen molar-refractivity contribution in [1.82, 2.24) is 0 Å². The molecule has 3 aliphatic rings. The molecule has 0 spiro atoms. The van der Waals surface area contributed by atoms with Gasteiger partial charge in [0.05, 0.1) is 6.10 Å². The summed E-state index contributed by atoms with van der Waals surface area (Å²) in [6, 6.07) is 7.06. The maximum absolute atomic E-state index is 13.1. The Morgan fingerprint density at radius 1 is 0.976 bits per heavy atom. The second-order valence-electron chi connectivity index (χ2n) is 14.0. The maximum Gasteiger partial charge on any atom is 0.453 e. The molecule has 1 aromatic carbocycles. The lowest BCUT2D eigenvalue weighted by atomic mass is 9.52. The Balaban J connectivity index is 1.18. The molecule has 0 saturated heterocycles. The van der Waals surface area contributed by atoms with Crippen molar-refractivity contribution < 1.29 is 27.1 Å². The van der Waals surface area contributed by atoms with Gasteiger partial charge in [-0.3, -0.25) is 0 Å². The van der Waals surface area contributed by atoms with Crippen molar-refractivity contribution in [3.05, 3.63) is 47.0 Å². The predicted molar refractivity (Wildman–Crippen MR) is 156 cm³/mol. The number of hydrogen-bond donors (Lipinski definition) is 1. The van der Waals surface area contributed by atoms with Crippen molar-refractivity contribution in [1.29, 1.82) is 0 Å². The third kappa shape index (κ3) is 7.57. The molecule has 1 nitrogen and oxygen atoms in total. The molecule has 4 rings (SSSR count). The molecule has 0 heterocycles. The minimum atomic E-state index is -5.44. The molecule has 1 N–H and O–H groups in total. The fourth-order valence-electron chi connectivity index (χ4n) is 8.58. The normalized spacial score (nSPS) is 30.7. The summed E-state index contributed by atoms with van der Waals surface area (Å²) in [5.74, 6) is -1.91. The first-order valence-electron chi connectivity index (χ1n) is 16.2. The Labute approximate surface area is 244 Å². The van der Waals surface area contributed by atoms with Gasteiger partial charge in [-0.15, -0.1) is 0 Å². The lowest BCUT2D eigenvalue weighted by Crippen LogP contribution is -2.47. The minimum Gasteiger partial charge on any atom is -0.393 e. The summed E-state index contributed by atoms with van der Waals surface area (Å²) in [6.07, 6.45) is 11.2. The zero-order valence-electron chi connectivity index (χ0n) is 25.3. The summed E-state index contributed by atoms with van der Waals surface area (Å²) in [7, 11) is 0. The first-order chi connectivity index (χ1) is 19.3. The number of benzene rings is 1. The highest BCUT2D eigenvalue weighted by Gasteiger charge is 2.57. The Morgan fingerprint density at radius 2 is 1.71 bits per heavy atom. The first kappa shape index (κ1) is 32.5. The lowest BCUT2D eigenvalue weighted by molar-refractivity contribution is -0.284. The molecule has 1 aromatic rings. The van der Waals surface area contributed by atoms with Crippen LogP contribution in [0.25, 0.3) is 0 Å². The van der Waals surface area contributed by atoms with Crippen LogP contribution in [0.4, 0.5) is 22.0 Å². The van der Waals surface area contributed by atoms with Gasteiger partial charge >= 0.3 is 12.1 Å². The van der Waals surface area contributed by atoms with Crippen molar-refractivity contribution in [2.45, 2.75) is 141 Å². The van der Waals surface area contributed by atoms with E-state index in [-0.39, 0.29) is 23.9 Å². The molecule has 41 heavy (non-hydrogen) atoms. The third-order valence-electron chi connectivity index (χ3n) is 11.0. The van der Waals surface area contributed by atoms with E-state index in [1.165, 1.54) is 17.5 Å². The van der Waals surface area contributed by atoms with E-state index in [1.54, 1.807) is 5.56 Å². The van der Waals surface area contributed by atoms with Crippen LogP contribution in [0.3, 0.4) is 0 Å². The zero-order chi connectivity index (χ0) is 29.8. The van der Waals surface area contributed by atoms with Crippen LogP contribution in [0.1, 0.15) is 126 Å². The molecule has 0 radical (unpaired) electrons. The van der Waals surface area contributed by atoms with Gasteiger partial charge in [0.25, 0.3) is 0 Å². The highest BCUT2D eigenvalue weighted by atomic mass is 19.4. The van der Waals surface area contributed by atoms with Gasteiger partial charge in [-0.1, -0.05) is 81.9 Å². The third-order valence-corrected chi connectivity index (χ3v) is 11.0. The van der Waals surface area contributed by atoms with Crippen LogP contribution < -0.4 is 0 Å². The quantitative estimate of drug-likeness (QED) is 0.139. The Bertz CT molecular complexity index is 1020. The number of aliphatic hydroxyl groups excluding tert-OH is 1. The highest BCUT2D eigenvalue weighted by molar-refractivity contribution is 5.38. The fraction of sp³-hybridized carbons (Fsp3) is 0.771. The molecular formula is C35H51F5O. The van der Waals surface area contributed by atoms with Crippen LogP contribution in [0.5, 0.6) is 0 Å². The molecule has 2 saturated carbocycles. The van der Waals surface area contributed by atoms with E-state index in [4.69, 9.17) is 0 Å². The van der Waals surface area contributed by atoms with Gasteiger partial charge in [-0.2, -0.15) is 22.0 Å². The van der Waals surface area contributed by atoms with Gasteiger partial charge in [0, 0.05) is 6.42 Å². The van der Waals surface area contributed by atoms with Crippen LogP contribution in [0, 0.1) is 36.0 Å². The molecule has 0 bridgehead atoms. The lowest BCUT2D eigenvalue weighted by Gasteiger charge is -2.53. The number of aliphatic hydroxyl groups is 1. The van der Waals surface area contributed by atoms with E-state index >= 15 is 0 Å². The average molecular weight is 583 g/mol. The Hall–Kier alpha value is -1.43. The SMILES string of the molecule is Cc1ccc2c(c1)C[C@@H](C/C=C/CCCCCCC(C)CCCC(F)(F)C(F)(F)F)C1C2CC[C@@]2(C)C1CC[C@@H]2O. The summed E-state index contributed by atoms with van der Waals surface area (Å²) in [5.41, 5.74) is 4.51. The van der Waals surface area contributed by atoms with Crippen LogP contribution in [0.15, 0.2) is 30.4 Å². The molecule has 2 fully saturated rings. The van der Waals surface area contributed by atoms with Gasteiger partial charge < -0.3 is 5.11 Å². The molecule has 4 unspecified atom stereocenters. The van der Waals surface area contributed by atoms with Crippen LogP contribution in [-0.4, -0.2) is 23.3 Å². The van der Waals surface area contributed by atoms with E-state index in [2.05, 4.69) is 44.2 Å². The first-order valence-corrected chi connectivity index (χ1v) is 16.2.